The van der Waals surface area contributed by atoms with Crippen LogP contribution in [0.4, 0.5) is 4.79 Å². The number of fused-ring (bicyclic) bond motifs is 2. The highest BCUT2D eigenvalue weighted by atomic mass is 16.5. The summed E-state index contributed by atoms with van der Waals surface area (Å²) in [5.41, 5.74) is 0. The van der Waals surface area contributed by atoms with Gasteiger partial charge in [-0.25, -0.2) is 4.79 Å². The van der Waals surface area contributed by atoms with Crippen molar-refractivity contribution in [3.05, 3.63) is 0 Å². The molecule has 26 heavy (non-hydrogen) atoms. The number of morpholine rings is 2. The third-order valence-corrected chi connectivity index (χ3v) is 6.35. The smallest absolute Gasteiger partial charge is 0.317 e. The van der Waals surface area contributed by atoms with Gasteiger partial charge in [-0.1, -0.05) is 19.3 Å². The molecule has 3 atom stereocenters. The highest BCUT2D eigenvalue weighted by molar-refractivity contribution is 5.80. The monoisotopic (exact) mass is 365 g/mol. The molecule has 1 aliphatic carbocycles. The van der Waals surface area contributed by atoms with Crippen molar-refractivity contribution in [3.8, 4) is 0 Å². The summed E-state index contributed by atoms with van der Waals surface area (Å²) >= 11 is 0. The number of carbonyl (C=O) groups excluding carboxylic acids is 2. The van der Waals surface area contributed by atoms with Crippen LogP contribution in [0.2, 0.25) is 0 Å². The van der Waals surface area contributed by atoms with Crippen LogP contribution in [0.1, 0.15) is 38.5 Å². The van der Waals surface area contributed by atoms with Crippen molar-refractivity contribution in [1.29, 1.82) is 0 Å². The molecule has 0 aromatic carbocycles. The molecule has 3 amide bonds. The molecule has 3 saturated heterocycles. The molecule has 0 aromatic rings. The number of nitrogens with one attached hydrogen (secondary N) is 1. The van der Waals surface area contributed by atoms with Crippen molar-refractivity contribution >= 4 is 11.9 Å². The second kappa shape index (κ2) is 8.13. The molecule has 0 unspecified atom stereocenters. The van der Waals surface area contributed by atoms with E-state index in [1.165, 1.54) is 32.1 Å². The van der Waals surface area contributed by atoms with E-state index >= 15 is 0 Å². The predicted molar refractivity (Wildman–Crippen MR) is 95.7 cm³/mol. The van der Waals surface area contributed by atoms with Gasteiger partial charge in [-0.05, 0) is 25.2 Å². The number of hydrogen-bond acceptors (Lipinski definition) is 4. The quantitative estimate of drug-likeness (QED) is 0.816. The molecule has 4 rings (SSSR count). The molecule has 3 aliphatic heterocycles. The van der Waals surface area contributed by atoms with Gasteiger partial charge in [0.25, 0.3) is 0 Å². The Morgan fingerprint density at radius 3 is 2.54 bits per heavy atom. The first kappa shape index (κ1) is 18.0. The molecule has 0 spiro atoms. The van der Waals surface area contributed by atoms with Gasteiger partial charge in [0, 0.05) is 32.7 Å². The number of amides is 3. The first-order valence-electron chi connectivity index (χ1n) is 10.3. The van der Waals surface area contributed by atoms with Gasteiger partial charge >= 0.3 is 6.03 Å². The fourth-order valence-corrected chi connectivity index (χ4v) is 4.84. The molecule has 4 fully saturated rings. The summed E-state index contributed by atoms with van der Waals surface area (Å²) in [6.07, 6.45) is 6.91. The molecule has 0 radical (unpaired) electrons. The van der Waals surface area contributed by atoms with E-state index < -0.39 is 0 Å². The normalized spacial score (nSPS) is 32.5. The van der Waals surface area contributed by atoms with Crippen LogP contribution in [0.5, 0.6) is 0 Å². The Hall–Kier alpha value is -1.34. The second-order valence-electron chi connectivity index (χ2n) is 8.17. The predicted octanol–water partition coefficient (Wildman–Crippen LogP) is 1.22. The SMILES string of the molecule is O=C(NCC1CCCCC1)N1C[C@H]2C[C@H](C(=O)N3CCOCC3)[C@@H](C1)O2. The summed E-state index contributed by atoms with van der Waals surface area (Å²) in [6, 6.07) is 0.00773. The summed E-state index contributed by atoms with van der Waals surface area (Å²) in [7, 11) is 0. The molecule has 7 heteroatoms. The Bertz CT molecular complexity index is 517. The standard InChI is InChI=1S/C19H31N3O4/c23-18(21-6-8-25-9-7-21)16-10-15-12-22(13-17(16)26-15)19(24)20-11-14-4-2-1-3-5-14/h14-17H,1-13H2,(H,20,24)/t15-,16+,17-/m1/s1. The second-order valence-corrected chi connectivity index (χ2v) is 8.17. The van der Waals surface area contributed by atoms with E-state index in [9.17, 15) is 9.59 Å². The zero-order chi connectivity index (χ0) is 17.9. The van der Waals surface area contributed by atoms with Crippen LogP contribution in [-0.2, 0) is 14.3 Å². The molecule has 1 saturated carbocycles. The minimum atomic E-state index is -0.162. The van der Waals surface area contributed by atoms with Crippen molar-refractivity contribution in [3.63, 3.8) is 0 Å². The highest BCUT2D eigenvalue weighted by Gasteiger charge is 2.47. The maximum atomic E-state index is 12.8. The summed E-state index contributed by atoms with van der Waals surface area (Å²) < 4.78 is 11.3. The summed E-state index contributed by atoms with van der Waals surface area (Å²) in [6.45, 7) is 4.46. The zero-order valence-corrected chi connectivity index (χ0v) is 15.5. The van der Waals surface area contributed by atoms with Crippen LogP contribution in [-0.4, -0.2) is 79.9 Å². The van der Waals surface area contributed by atoms with Crippen LogP contribution in [0, 0.1) is 11.8 Å². The van der Waals surface area contributed by atoms with E-state index in [1.807, 2.05) is 9.80 Å². The van der Waals surface area contributed by atoms with Gasteiger partial charge in [-0.15, -0.1) is 0 Å². The Kier molecular flexibility index (Phi) is 5.64. The van der Waals surface area contributed by atoms with E-state index in [-0.39, 0.29) is 30.1 Å². The number of hydrogen-bond donors (Lipinski definition) is 1. The molecule has 1 N–H and O–H groups in total. The molecule has 2 bridgehead atoms. The average Bonchev–Trinajstić information content (AvgIpc) is 3.00. The van der Waals surface area contributed by atoms with Crippen molar-refractivity contribution in [2.45, 2.75) is 50.7 Å². The summed E-state index contributed by atoms with van der Waals surface area (Å²) in [5, 5.41) is 3.12. The molecule has 7 nitrogen and oxygen atoms in total. The molecule has 146 valence electrons. The number of ether oxygens (including phenoxy) is 2. The summed E-state index contributed by atoms with van der Waals surface area (Å²) in [5.74, 6) is 0.681. The van der Waals surface area contributed by atoms with Crippen LogP contribution in [0.3, 0.4) is 0 Å². The maximum absolute atomic E-state index is 12.8. The van der Waals surface area contributed by atoms with Crippen LogP contribution in [0.15, 0.2) is 0 Å². The van der Waals surface area contributed by atoms with Crippen molar-refractivity contribution in [1.82, 2.24) is 15.1 Å². The molecule has 0 aromatic heterocycles. The van der Waals surface area contributed by atoms with E-state index in [1.54, 1.807) is 0 Å². The van der Waals surface area contributed by atoms with E-state index in [0.29, 0.717) is 45.3 Å². The van der Waals surface area contributed by atoms with Gasteiger partial charge in [0.2, 0.25) is 5.91 Å². The van der Waals surface area contributed by atoms with Gasteiger partial charge in [0.05, 0.1) is 31.3 Å². The zero-order valence-electron chi connectivity index (χ0n) is 15.5. The number of urea groups is 1. The van der Waals surface area contributed by atoms with Gasteiger partial charge < -0.3 is 24.6 Å². The lowest BCUT2D eigenvalue weighted by Gasteiger charge is -2.34. The number of rotatable bonds is 3. The van der Waals surface area contributed by atoms with Gasteiger partial charge in [0.15, 0.2) is 0 Å². The lowest BCUT2D eigenvalue weighted by molar-refractivity contribution is -0.142. The minimum Gasteiger partial charge on any atom is -0.378 e. The lowest BCUT2D eigenvalue weighted by atomic mass is 9.89. The van der Waals surface area contributed by atoms with Gasteiger partial charge in [-0.3, -0.25) is 4.79 Å². The van der Waals surface area contributed by atoms with Crippen molar-refractivity contribution < 1.29 is 19.1 Å². The Labute approximate surface area is 155 Å². The van der Waals surface area contributed by atoms with Gasteiger partial charge in [0.1, 0.15) is 0 Å². The fraction of sp³-hybridized carbons (Fsp3) is 0.895. The fourth-order valence-electron chi connectivity index (χ4n) is 4.84. The van der Waals surface area contributed by atoms with Gasteiger partial charge in [-0.2, -0.15) is 0 Å². The lowest BCUT2D eigenvalue weighted by Crippen LogP contribution is -2.52. The Balaban J connectivity index is 1.28. The highest BCUT2D eigenvalue weighted by Crippen LogP contribution is 2.33. The third kappa shape index (κ3) is 3.98. The Morgan fingerprint density at radius 2 is 1.77 bits per heavy atom. The first-order chi connectivity index (χ1) is 12.7. The topological polar surface area (TPSA) is 71.1 Å². The number of carbonyl (C=O) groups is 2. The Morgan fingerprint density at radius 1 is 1.00 bits per heavy atom. The van der Waals surface area contributed by atoms with Crippen molar-refractivity contribution in [2.24, 2.45) is 11.8 Å². The molecular formula is C19H31N3O4. The van der Waals surface area contributed by atoms with Crippen molar-refractivity contribution in [2.75, 3.05) is 45.9 Å². The molecular weight excluding hydrogens is 334 g/mol. The van der Waals surface area contributed by atoms with Crippen LogP contribution in [0.25, 0.3) is 0 Å². The number of likely N-dealkylation sites (tertiary alicyclic amines) is 1. The largest absolute Gasteiger partial charge is 0.378 e. The molecule has 4 aliphatic rings. The third-order valence-electron chi connectivity index (χ3n) is 6.35. The van der Waals surface area contributed by atoms with E-state index in [4.69, 9.17) is 9.47 Å². The minimum absolute atomic E-state index is 0.00773. The average molecular weight is 365 g/mol. The first-order valence-corrected chi connectivity index (χ1v) is 10.3. The van der Waals surface area contributed by atoms with Crippen LogP contribution < -0.4 is 5.32 Å². The maximum Gasteiger partial charge on any atom is 0.317 e. The summed E-state index contributed by atoms with van der Waals surface area (Å²) in [4.78, 5) is 29.2. The van der Waals surface area contributed by atoms with E-state index in [2.05, 4.69) is 5.32 Å². The number of nitrogens with zero attached hydrogens (tertiary/aromatic N) is 2. The van der Waals surface area contributed by atoms with E-state index in [0.717, 1.165) is 13.0 Å². The molecule has 3 heterocycles. The van der Waals surface area contributed by atoms with Crippen LogP contribution >= 0.6 is 0 Å².